The number of imide groups is 1. The highest BCUT2D eigenvalue weighted by molar-refractivity contribution is 6.31. The molecule has 0 bridgehead atoms. The van der Waals surface area contributed by atoms with Gasteiger partial charge < -0.3 is 9.80 Å². The number of hydrogen-bond donors (Lipinski definition) is 1. The molecule has 3 saturated heterocycles. The molecule has 1 aromatic rings. The molecule has 0 radical (unpaired) electrons. The van der Waals surface area contributed by atoms with Crippen molar-refractivity contribution >= 4 is 35.0 Å². The van der Waals surface area contributed by atoms with Gasteiger partial charge in [-0.05, 0) is 37.0 Å². The summed E-state index contributed by atoms with van der Waals surface area (Å²) in [7, 11) is 0. The number of anilines is 1. The smallest absolute Gasteiger partial charge is 0.292 e. The molecular weight excluding hydrogens is 390 g/mol. The molecule has 0 aliphatic carbocycles. The van der Waals surface area contributed by atoms with Gasteiger partial charge >= 0.3 is 0 Å². The summed E-state index contributed by atoms with van der Waals surface area (Å²) in [5.41, 5.74) is 0.541. The lowest BCUT2D eigenvalue weighted by molar-refractivity contribution is -0.920. The minimum Gasteiger partial charge on any atom is -0.342 e. The number of hydrogen-bond acceptors (Lipinski definition) is 3. The fourth-order valence-corrected chi connectivity index (χ4v) is 5.09. The summed E-state index contributed by atoms with van der Waals surface area (Å²) in [5.74, 6) is 0.727. The molecule has 0 unspecified atom stereocenters. The minimum absolute atomic E-state index is 0.0587. The molecule has 3 aliphatic rings. The molecule has 7 heteroatoms. The molecule has 3 amide bonds. The molecule has 3 aliphatic heterocycles. The first-order valence-corrected chi connectivity index (χ1v) is 11.1. The van der Waals surface area contributed by atoms with Crippen molar-refractivity contribution in [3.8, 4) is 0 Å². The molecule has 1 atom stereocenters. The van der Waals surface area contributed by atoms with Crippen molar-refractivity contribution in [3.63, 3.8) is 0 Å². The Morgan fingerprint density at radius 2 is 1.79 bits per heavy atom. The van der Waals surface area contributed by atoms with Gasteiger partial charge in [0.05, 0.1) is 25.2 Å². The van der Waals surface area contributed by atoms with Crippen LogP contribution in [-0.4, -0.2) is 54.8 Å². The van der Waals surface area contributed by atoms with E-state index in [4.69, 9.17) is 11.6 Å². The van der Waals surface area contributed by atoms with E-state index in [9.17, 15) is 14.4 Å². The molecule has 1 aromatic carbocycles. The summed E-state index contributed by atoms with van der Waals surface area (Å²) in [6.07, 6.45) is 3.98. The molecule has 0 spiro atoms. The molecule has 6 nitrogen and oxygen atoms in total. The van der Waals surface area contributed by atoms with E-state index in [2.05, 4.69) is 6.92 Å². The van der Waals surface area contributed by atoms with Crippen LogP contribution in [0, 0.1) is 11.8 Å². The second kappa shape index (κ2) is 8.44. The minimum atomic E-state index is -0.353. The summed E-state index contributed by atoms with van der Waals surface area (Å²) in [6, 6.07) is 6.51. The number of quaternary nitrogens is 1. The highest BCUT2D eigenvalue weighted by Gasteiger charge is 2.47. The Kier molecular flexibility index (Phi) is 5.93. The van der Waals surface area contributed by atoms with E-state index in [0.29, 0.717) is 16.6 Å². The maximum Gasteiger partial charge on any atom is 0.292 e. The van der Waals surface area contributed by atoms with Crippen LogP contribution in [0.15, 0.2) is 24.3 Å². The van der Waals surface area contributed by atoms with E-state index in [1.165, 1.54) is 4.90 Å². The molecule has 29 heavy (non-hydrogen) atoms. The van der Waals surface area contributed by atoms with Gasteiger partial charge in [0.1, 0.15) is 0 Å². The summed E-state index contributed by atoms with van der Waals surface area (Å²) in [6.45, 7) is 5.51. The lowest BCUT2D eigenvalue weighted by Crippen LogP contribution is -3.17. The Morgan fingerprint density at radius 3 is 2.45 bits per heavy atom. The highest BCUT2D eigenvalue weighted by Crippen LogP contribution is 2.26. The van der Waals surface area contributed by atoms with E-state index >= 15 is 0 Å². The lowest BCUT2D eigenvalue weighted by atomic mass is 9.92. The number of amides is 3. The Hall–Kier alpha value is -1.92. The Labute approximate surface area is 176 Å². The predicted molar refractivity (Wildman–Crippen MR) is 111 cm³/mol. The first-order chi connectivity index (χ1) is 13.9. The average molecular weight is 419 g/mol. The number of halogens is 1. The summed E-state index contributed by atoms with van der Waals surface area (Å²) < 4.78 is 0. The van der Waals surface area contributed by atoms with Gasteiger partial charge in [0.25, 0.3) is 5.91 Å². The zero-order valence-electron chi connectivity index (χ0n) is 16.9. The van der Waals surface area contributed by atoms with Crippen molar-refractivity contribution < 1.29 is 19.3 Å². The fourth-order valence-electron chi connectivity index (χ4n) is 4.91. The first kappa shape index (κ1) is 20.4. The van der Waals surface area contributed by atoms with Crippen molar-refractivity contribution in [1.82, 2.24) is 4.90 Å². The van der Waals surface area contributed by atoms with E-state index < -0.39 is 0 Å². The van der Waals surface area contributed by atoms with Gasteiger partial charge in [-0.2, -0.15) is 0 Å². The van der Waals surface area contributed by atoms with Gasteiger partial charge in [0.15, 0.2) is 6.04 Å². The molecule has 0 aromatic heterocycles. The predicted octanol–water partition coefficient (Wildman–Crippen LogP) is 1.53. The normalized spacial score (nSPS) is 28.8. The fraction of sp³-hybridized carbons (Fsp3) is 0.591. The van der Waals surface area contributed by atoms with Gasteiger partial charge in [-0.1, -0.05) is 24.6 Å². The van der Waals surface area contributed by atoms with Crippen LogP contribution < -0.4 is 9.80 Å². The van der Waals surface area contributed by atoms with Crippen molar-refractivity contribution in [2.45, 2.75) is 45.1 Å². The van der Waals surface area contributed by atoms with Crippen LogP contribution in [0.4, 0.5) is 5.69 Å². The number of nitrogens with one attached hydrogen (secondary N) is 1. The number of carbonyl (C=O) groups is 3. The monoisotopic (exact) mass is 418 g/mol. The van der Waals surface area contributed by atoms with Crippen LogP contribution in [0.3, 0.4) is 0 Å². The van der Waals surface area contributed by atoms with Crippen molar-refractivity contribution in [1.29, 1.82) is 0 Å². The quantitative estimate of drug-likeness (QED) is 0.757. The maximum absolute atomic E-state index is 13.0. The molecule has 156 valence electrons. The number of carbonyl (C=O) groups excluding carboxylic acids is 3. The van der Waals surface area contributed by atoms with E-state index in [0.717, 1.165) is 56.8 Å². The third-order valence-electron chi connectivity index (χ3n) is 6.78. The molecular formula is C22H29ClN3O3+. The largest absolute Gasteiger partial charge is 0.342 e. The number of rotatable bonds is 3. The molecule has 3 heterocycles. The second-order valence-electron chi connectivity index (χ2n) is 8.74. The number of piperidine rings is 2. The van der Waals surface area contributed by atoms with E-state index in [1.54, 1.807) is 24.3 Å². The van der Waals surface area contributed by atoms with Crippen molar-refractivity contribution in [2.75, 3.05) is 31.1 Å². The van der Waals surface area contributed by atoms with Crippen molar-refractivity contribution in [3.05, 3.63) is 29.3 Å². The van der Waals surface area contributed by atoms with E-state index in [1.807, 2.05) is 4.90 Å². The SMILES string of the molecule is CC1CCN(C(=O)C2CC[NH+]([C@@H]3CC(=O)N(c4cccc(Cl)c4)C3=O)CC2)CC1. The molecule has 3 fully saturated rings. The van der Waals surface area contributed by atoms with Crippen LogP contribution in [0.2, 0.25) is 5.02 Å². The van der Waals surface area contributed by atoms with Crippen LogP contribution in [0.25, 0.3) is 0 Å². The van der Waals surface area contributed by atoms with Gasteiger partial charge in [-0.15, -0.1) is 0 Å². The van der Waals surface area contributed by atoms with Crippen molar-refractivity contribution in [2.24, 2.45) is 11.8 Å². The first-order valence-electron chi connectivity index (χ1n) is 10.7. The third-order valence-corrected chi connectivity index (χ3v) is 7.01. The molecule has 4 rings (SSSR count). The highest BCUT2D eigenvalue weighted by atomic mass is 35.5. The van der Waals surface area contributed by atoms with E-state index in [-0.39, 0.29) is 36.1 Å². The van der Waals surface area contributed by atoms with Gasteiger partial charge in [0.2, 0.25) is 11.8 Å². The summed E-state index contributed by atoms with van der Waals surface area (Å²) >= 11 is 6.03. The number of benzene rings is 1. The molecule has 0 saturated carbocycles. The van der Waals surface area contributed by atoms with Crippen LogP contribution in [-0.2, 0) is 14.4 Å². The third kappa shape index (κ3) is 4.19. The van der Waals surface area contributed by atoms with Gasteiger partial charge in [-0.3, -0.25) is 14.4 Å². The Balaban J connectivity index is 1.36. The topological polar surface area (TPSA) is 62.1 Å². The standard InChI is InChI=1S/C22H28ClN3O3/c1-15-5-9-25(10-6-15)21(28)16-7-11-24(12-8-16)19-14-20(27)26(22(19)29)18-4-2-3-17(23)13-18/h2-4,13,15-16,19H,5-12,14H2,1H3/p+1/t19-/m1/s1. The van der Waals surface area contributed by atoms with Gasteiger partial charge in [0, 0.05) is 36.9 Å². The van der Waals surface area contributed by atoms with Gasteiger partial charge in [-0.25, -0.2) is 4.90 Å². The zero-order valence-corrected chi connectivity index (χ0v) is 17.7. The second-order valence-corrected chi connectivity index (χ2v) is 9.18. The van der Waals surface area contributed by atoms with Crippen LogP contribution in [0.5, 0.6) is 0 Å². The Morgan fingerprint density at radius 1 is 1.10 bits per heavy atom. The zero-order chi connectivity index (χ0) is 20.5. The average Bonchev–Trinajstić information content (AvgIpc) is 3.02. The lowest BCUT2D eigenvalue weighted by Gasteiger charge is -2.36. The number of likely N-dealkylation sites (tertiary alicyclic amines) is 2. The maximum atomic E-state index is 13.0. The van der Waals surface area contributed by atoms with Crippen LogP contribution >= 0.6 is 11.6 Å². The Bertz CT molecular complexity index is 798. The summed E-state index contributed by atoms with van der Waals surface area (Å²) in [4.78, 5) is 42.8. The summed E-state index contributed by atoms with van der Waals surface area (Å²) in [5, 5.41) is 0.505. The molecule has 1 N–H and O–H groups in total. The number of nitrogens with zero attached hydrogens (tertiary/aromatic N) is 2. The van der Waals surface area contributed by atoms with Crippen LogP contribution in [0.1, 0.15) is 39.0 Å².